The van der Waals surface area contributed by atoms with Crippen LogP contribution in [0, 0.1) is 5.41 Å². The lowest BCUT2D eigenvalue weighted by molar-refractivity contribution is 0.156. The summed E-state index contributed by atoms with van der Waals surface area (Å²) in [6.07, 6.45) is 4.12. The molecule has 0 unspecified atom stereocenters. The maximum Gasteiger partial charge on any atom is 0.229 e. The Morgan fingerprint density at radius 3 is 2.24 bits per heavy atom. The Morgan fingerprint density at radius 1 is 1.18 bits per heavy atom. The van der Waals surface area contributed by atoms with Crippen LogP contribution in [0.1, 0.15) is 71.0 Å². The number of hydrogen-bond acceptors (Lipinski definition) is 4. The molecule has 0 aromatic carbocycles. The Labute approximate surface area is 103 Å². The Morgan fingerprint density at radius 2 is 1.76 bits per heavy atom. The highest BCUT2D eigenvalue weighted by molar-refractivity contribution is 5.07. The third-order valence-corrected chi connectivity index (χ3v) is 3.88. The molecule has 1 saturated carbocycles. The zero-order valence-electron chi connectivity index (χ0n) is 11.3. The molecule has 0 atom stereocenters. The number of nitrogens with two attached hydrogens (primary N) is 1. The largest absolute Gasteiger partial charge is 0.339 e. The second-order valence-electron chi connectivity index (χ2n) is 6.43. The fraction of sp³-hybridized carbons (Fsp3) is 0.846. The highest BCUT2D eigenvalue weighted by atomic mass is 16.5. The lowest BCUT2D eigenvalue weighted by Gasteiger charge is -2.39. The second kappa shape index (κ2) is 4.09. The molecule has 0 aliphatic heterocycles. The molecular weight excluding hydrogens is 214 g/mol. The van der Waals surface area contributed by atoms with Crippen molar-refractivity contribution in [2.24, 2.45) is 11.1 Å². The van der Waals surface area contributed by atoms with Crippen LogP contribution in [-0.4, -0.2) is 10.1 Å². The lowest BCUT2D eigenvalue weighted by atomic mass is 9.69. The second-order valence-corrected chi connectivity index (χ2v) is 6.43. The van der Waals surface area contributed by atoms with Gasteiger partial charge >= 0.3 is 0 Å². The number of nitrogens with zero attached hydrogens (tertiary/aromatic N) is 2. The fourth-order valence-electron chi connectivity index (χ4n) is 2.27. The standard InChI is InChI=1S/C13H23N3O/c1-9(2)10-15-11(16-17-10)13(14)7-5-12(3,4)6-8-13/h9H,5-8,14H2,1-4H3. The summed E-state index contributed by atoms with van der Waals surface area (Å²) in [5, 5.41) is 4.07. The van der Waals surface area contributed by atoms with E-state index in [2.05, 4.69) is 24.0 Å². The van der Waals surface area contributed by atoms with Crippen LogP contribution in [0.15, 0.2) is 4.52 Å². The maximum absolute atomic E-state index is 6.43. The van der Waals surface area contributed by atoms with E-state index in [0.29, 0.717) is 17.1 Å². The van der Waals surface area contributed by atoms with E-state index >= 15 is 0 Å². The SMILES string of the molecule is CC(C)c1nc(C2(N)CCC(C)(C)CC2)no1. The number of hydrogen-bond donors (Lipinski definition) is 1. The lowest BCUT2D eigenvalue weighted by Crippen LogP contribution is -2.43. The molecule has 1 heterocycles. The van der Waals surface area contributed by atoms with E-state index in [4.69, 9.17) is 10.3 Å². The molecule has 2 rings (SSSR count). The molecule has 0 saturated heterocycles. The molecule has 0 radical (unpaired) electrons. The van der Waals surface area contributed by atoms with Crippen LogP contribution >= 0.6 is 0 Å². The molecule has 1 aromatic heterocycles. The normalized spacial score (nSPS) is 22.9. The molecule has 1 aliphatic carbocycles. The first kappa shape index (κ1) is 12.6. The summed E-state index contributed by atoms with van der Waals surface area (Å²) in [5.74, 6) is 1.64. The summed E-state index contributed by atoms with van der Waals surface area (Å²) in [6, 6.07) is 0. The van der Waals surface area contributed by atoms with Gasteiger partial charge in [-0.3, -0.25) is 0 Å². The van der Waals surface area contributed by atoms with Crippen LogP contribution in [0.5, 0.6) is 0 Å². The van der Waals surface area contributed by atoms with Crippen molar-refractivity contribution in [2.45, 2.75) is 64.8 Å². The Bertz CT molecular complexity index is 385. The molecule has 96 valence electrons. The average molecular weight is 237 g/mol. The summed E-state index contributed by atoms with van der Waals surface area (Å²) in [4.78, 5) is 4.45. The molecule has 4 heteroatoms. The first-order chi connectivity index (χ1) is 7.82. The quantitative estimate of drug-likeness (QED) is 0.858. The summed E-state index contributed by atoms with van der Waals surface area (Å²) < 4.78 is 5.26. The van der Waals surface area contributed by atoms with Crippen molar-refractivity contribution in [1.29, 1.82) is 0 Å². The molecule has 17 heavy (non-hydrogen) atoms. The van der Waals surface area contributed by atoms with Crippen LogP contribution in [0.2, 0.25) is 0 Å². The molecule has 0 amide bonds. The van der Waals surface area contributed by atoms with Crippen molar-refractivity contribution >= 4 is 0 Å². The van der Waals surface area contributed by atoms with Crippen molar-refractivity contribution < 1.29 is 4.52 Å². The van der Waals surface area contributed by atoms with Crippen molar-refractivity contribution in [3.63, 3.8) is 0 Å². The summed E-state index contributed by atoms with van der Waals surface area (Å²) in [6.45, 7) is 8.68. The smallest absolute Gasteiger partial charge is 0.229 e. The van der Waals surface area contributed by atoms with Gasteiger partial charge in [0.15, 0.2) is 5.82 Å². The minimum Gasteiger partial charge on any atom is -0.339 e. The van der Waals surface area contributed by atoms with E-state index in [1.807, 2.05) is 13.8 Å². The molecule has 0 spiro atoms. The van der Waals surface area contributed by atoms with Crippen LogP contribution in [0.4, 0.5) is 0 Å². The van der Waals surface area contributed by atoms with E-state index in [9.17, 15) is 0 Å². The van der Waals surface area contributed by atoms with E-state index in [0.717, 1.165) is 25.7 Å². The van der Waals surface area contributed by atoms with Crippen molar-refractivity contribution in [2.75, 3.05) is 0 Å². The summed E-state index contributed by atoms with van der Waals surface area (Å²) in [7, 11) is 0. The molecule has 0 bridgehead atoms. The third kappa shape index (κ3) is 2.51. The molecule has 1 aliphatic rings. The molecule has 1 fully saturated rings. The van der Waals surface area contributed by atoms with Gasteiger partial charge in [0.2, 0.25) is 5.89 Å². The number of rotatable bonds is 2. The Kier molecular flexibility index (Phi) is 3.02. The van der Waals surface area contributed by atoms with Crippen LogP contribution in [-0.2, 0) is 5.54 Å². The van der Waals surface area contributed by atoms with Crippen molar-refractivity contribution in [3.05, 3.63) is 11.7 Å². The predicted molar refractivity (Wildman–Crippen MR) is 66.5 cm³/mol. The van der Waals surface area contributed by atoms with Crippen LogP contribution in [0.25, 0.3) is 0 Å². The van der Waals surface area contributed by atoms with Gasteiger partial charge in [-0.2, -0.15) is 4.98 Å². The highest BCUT2D eigenvalue weighted by Gasteiger charge is 2.40. The fourth-order valence-corrected chi connectivity index (χ4v) is 2.27. The summed E-state index contributed by atoms with van der Waals surface area (Å²) >= 11 is 0. The first-order valence-electron chi connectivity index (χ1n) is 6.45. The van der Waals surface area contributed by atoms with E-state index in [-0.39, 0.29) is 11.5 Å². The molecule has 2 N–H and O–H groups in total. The minimum absolute atomic E-state index is 0.264. The van der Waals surface area contributed by atoms with Gasteiger partial charge in [-0.1, -0.05) is 32.9 Å². The molecular formula is C13H23N3O. The predicted octanol–water partition coefficient (Wildman–Crippen LogP) is 2.95. The zero-order valence-corrected chi connectivity index (χ0v) is 11.3. The Hall–Kier alpha value is -0.900. The maximum atomic E-state index is 6.43. The first-order valence-corrected chi connectivity index (χ1v) is 6.45. The van der Waals surface area contributed by atoms with Gasteiger partial charge in [0.25, 0.3) is 0 Å². The van der Waals surface area contributed by atoms with Gasteiger partial charge in [0.05, 0.1) is 5.54 Å². The molecule has 4 nitrogen and oxygen atoms in total. The van der Waals surface area contributed by atoms with Crippen molar-refractivity contribution in [3.8, 4) is 0 Å². The number of aromatic nitrogens is 2. The topological polar surface area (TPSA) is 64.9 Å². The van der Waals surface area contributed by atoms with E-state index < -0.39 is 0 Å². The van der Waals surface area contributed by atoms with Crippen LogP contribution in [0.3, 0.4) is 0 Å². The van der Waals surface area contributed by atoms with Crippen LogP contribution < -0.4 is 5.73 Å². The van der Waals surface area contributed by atoms with Crippen molar-refractivity contribution in [1.82, 2.24) is 10.1 Å². The highest BCUT2D eigenvalue weighted by Crippen LogP contribution is 2.42. The Balaban J connectivity index is 2.16. The average Bonchev–Trinajstić information content (AvgIpc) is 2.73. The third-order valence-electron chi connectivity index (χ3n) is 3.88. The van der Waals surface area contributed by atoms with Gasteiger partial charge in [-0.15, -0.1) is 0 Å². The van der Waals surface area contributed by atoms with Gasteiger partial charge in [0, 0.05) is 5.92 Å². The van der Waals surface area contributed by atoms with E-state index in [1.54, 1.807) is 0 Å². The van der Waals surface area contributed by atoms with Gasteiger partial charge in [-0.05, 0) is 31.1 Å². The molecule has 1 aromatic rings. The van der Waals surface area contributed by atoms with Gasteiger partial charge in [-0.25, -0.2) is 0 Å². The summed E-state index contributed by atoms with van der Waals surface area (Å²) in [5.41, 5.74) is 6.44. The minimum atomic E-state index is -0.383. The monoisotopic (exact) mass is 237 g/mol. The zero-order chi connectivity index (χ0) is 12.7. The van der Waals surface area contributed by atoms with Gasteiger partial charge < -0.3 is 10.3 Å². The van der Waals surface area contributed by atoms with E-state index in [1.165, 1.54) is 0 Å². The van der Waals surface area contributed by atoms with Gasteiger partial charge in [0.1, 0.15) is 0 Å².